The number of aromatic amines is 1. The van der Waals surface area contributed by atoms with Gasteiger partial charge in [0.05, 0.1) is 21.3 Å². The van der Waals surface area contributed by atoms with Gasteiger partial charge < -0.3 is 23.9 Å². The van der Waals surface area contributed by atoms with Crippen molar-refractivity contribution in [1.82, 2.24) is 9.88 Å². The van der Waals surface area contributed by atoms with Gasteiger partial charge in [0.25, 0.3) is 0 Å². The zero-order valence-corrected chi connectivity index (χ0v) is 20.4. The van der Waals surface area contributed by atoms with Crippen LogP contribution in [0.2, 0.25) is 0 Å². The van der Waals surface area contributed by atoms with E-state index in [0.717, 1.165) is 54.5 Å². The summed E-state index contributed by atoms with van der Waals surface area (Å²) in [5, 5.41) is 1.26. The molecule has 6 heteroatoms. The van der Waals surface area contributed by atoms with Gasteiger partial charge >= 0.3 is 0 Å². The number of nitrogens with zero attached hydrogens (tertiary/aromatic N) is 1. The van der Waals surface area contributed by atoms with Gasteiger partial charge in [0.15, 0.2) is 11.5 Å². The van der Waals surface area contributed by atoms with Gasteiger partial charge in [-0.05, 0) is 65.9 Å². The van der Waals surface area contributed by atoms with E-state index in [1.54, 1.807) is 21.3 Å². The Morgan fingerprint density at radius 2 is 1.77 bits per heavy atom. The van der Waals surface area contributed by atoms with Crippen LogP contribution in [-0.4, -0.2) is 37.8 Å². The fourth-order valence-electron chi connectivity index (χ4n) is 5.61. The smallest absolute Gasteiger partial charge is 0.162 e. The number of para-hydroxylation sites is 1. The Morgan fingerprint density at radius 1 is 0.914 bits per heavy atom. The molecule has 0 bridgehead atoms. The number of rotatable bonds is 6. The molecule has 0 spiro atoms. The maximum Gasteiger partial charge on any atom is 0.162 e. The third kappa shape index (κ3) is 3.78. The van der Waals surface area contributed by atoms with E-state index in [2.05, 4.69) is 34.1 Å². The maximum absolute atomic E-state index is 6.31. The molecule has 1 N–H and O–H groups in total. The van der Waals surface area contributed by atoms with E-state index in [-0.39, 0.29) is 0 Å². The van der Waals surface area contributed by atoms with Gasteiger partial charge in [0.2, 0.25) is 0 Å². The lowest BCUT2D eigenvalue weighted by atomic mass is 9.85. The van der Waals surface area contributed by atoms with Gasteiger partial charge in [-0.3, -0.25) is 4.90 Å². The van der Waals surface area contributed by atoms with Crippen molar-refractivity contribution < 1.29 is 18.9 Å². The first-order valence-corrected chi connectivity index (χ1v) is 12.1. The second-order valence-electron chi connectivity index (χ2n) is 9.24. The molecule has 1 aromatic heterocycles. The van der Waals surface area contributed by atoms with E-state index in [0.29, 0.717) is 12.6 Å². The average molecular weight is 471 g/mol. The third-order valence-electron chi connectivity index (χ3n) is 7.43. The number of hydrogen-bond donors (Lipinski definition) is 1. The number of benzene rings is 3. The molecular weight excluding hydrogens is 440 g/mol. The predicted molar refractivity (Wildman–Crippen MR) is 136 cm³/mol. The van der Waals surface area contributed by atoms with E-state index < -0.39 is 0 Å². The SMILES string of the molecule is COc1ccc2[nH]c3c(c2c1)CC1c2cc(OCc4ccccc4OC)c(OC)cc2CCN1C3. The molecule has 2 aliphatic heterocycles. The summed E-state index contributed by atoms with van der Waals surface area (Å²) < 4.78 is 23.0. The molecule has 6 nitrogen and oxygen atoms in total. The largest absolute Gasteiger partial charge is 0.497 e. The summed E-state index contributed by atoms with van der Waals surface area (Å²) in [6.07, 6.45) is 1.95. The number of aromatic nitrogens is 1. The first-order chi connectivity index (χ1) is 17.2. The van der Waals surface area contributed by atoms with E-state index in [1.165, 1.54) is 33.3 Å². The van der Waals surface area contributed by atoms with Crippen LogP contribution in [-0.2, 0) is 26.0 Å². The fourth-order valence-corrected chi connectivity index (χ4v) is 5.61. The third-order valence-corrected chi connectivity index (χ3v) is 7.43. The average Bonchev–Trinajstić information content (AvgIpc) is 3.26. The molecule has 180 valence electrons. The Bertz CT molecular complexity index is 1390. The van der Waals surface area contributed by atoms with E-state index in [4.69, 9.17) is 18.9 Å². The van der Waals surface area contributed by atoms with Crippen LogP contribution in [0.3, 0.4) is 0 Å². The predicted octanol–water partition coefficient (Wildman–Crippen LogP) is 5.43. The lowest BCUT2D eigenvalue weighted by Gasteiger charge is -2.40. The minimum atomic E-state index is 0.302. The van der Waals surface area contributed by atoms with Crippen LogP contribution in [0.4, 0.5) is 0 Å². The summed E-state index contributed by atoms with van der Waals surface area (Å²) in [6.45, 7) is 2.36. The van der Waals surface area contributed by atoms with Gasteiger partial charge in [-0.25, -0.2) is 0 Å². The highest BCUT2D eigenvalue weighted by Gasteiger charge is 2.34. The Hall–Kier alpha value is -3.64. The zero-order valence-electron chi connectivity index (χ0n) is 20.4. The fraction of sp³-hybridized carbons (Fsp3) is 0.310. The number of nitrogens with one attached hydrogen (secondary N) is 1. The molecule has 0 aliphatic carbocycles. The summed E-state index contributed by atoms with van der Waals surface area (Å²) in [6, 6.07) is 18.9. The first kappa shape index (κ1) is 21.9. The van der Waals surface area contributed by atoms with Crippen molar-refractivity contribution in [3.05, 3.63) is 82.5 Å². The summed E-state index contributed by atoms with van der Waals surface area (Å²) in [4.78, 5) is 6.23. The molecule has 4 aromatic rings. The van der Waals surface area contributed by atoms with Gasteiger partial charge in [-0.2, -0.15) is 0 Å². The molecule has 2 aliphatic rings. The molecule has 3 aromatic carbocycles. The van der Waals surface area contributed by atoms with E-state index in [9.17, 15) is 0 Å². The van der Waals surface area contributed by atoms with Crippen molar-refractivity contribution in [3.8, 4) is 23.0 Å². The van der Waals surface area contributed by atoms with Crippen molar-refractivity contribution in [3.63, 3.8) is 0 Å². The van der Waals surface area contributed by atoms with Gasteiger partial charge in [0, 0.05) is 41.3 Å². The van der Waals surface area contributed by atoms with E-state index in [1.807, 2.05) is 30.3 Å². The molecule has 0 amide bonds. The quantitative estimate of drug-likeness (QED) is 0.407. The maximum atomic E-state index is 6.31. The van der Waals surface area contributed by atoms with Crippen molar-refractivity contribution in [2.75, 3.05) is 27.9 Å². The van der Waals surface area contributed by atoms with Gasteiger partial charge in [-0.1, -0.05) is 18.2 Å². The lowest BCUT2D eigenvalue weighted by molar-refractivity contribution is 0.158. The monoisotopic (exact) mass is 470 g/mol. The van der Waals surface area contributed by atoms with Crippen LogP contribution in [0.25, 0.3) is 10.9 Å². The lowest BCUT2D eigenvalue weighted by Crippen LogP contribution is -2.39. The molecule has 6 rings (SSSR count). The Kier molecular flexibility index (Phi) is 5.53. The first-order valence-electron chi connectivity index (χ1n) is 12.1. The van der Waals surface area contributed by atoms with Crippen LogP contribution in [0, 0.1) is 0 Å². The standard InChI is InChI=1S/C29H30N2O4/c1-32-20-8-9-24-22(13-20)23-14-26-21-15-29(35-17-19-6-4-5-7-27(19)33-2)28(34-3)12-18(21)10-11-31(26)16-25(23)30-24/h4-9,12-13,15,26,30H,10-11,14,16-17H2,1-3H3. The van der Waals surface area contributed by atoms with Gasteiger partial charge in [-0.15, -0.1) is 0 Å². The topological polar surface area (TPSA) is 56.0 Å². The van der Waals surface area contributed by atoms with Crippen LogP contribution < -0.4 is 18.9 Å². The number of methoxy groups -OCH3 is 3. The highest BCUT2D eigenvalue weighted by Crippen LogP contribution is 2.44. The summed E-state index contributed by atoms with van der Waals surface area (Å²) >= 11 is 0. The van der Waals surface area contributed by atoms with Crippen molar-refractivity contribution in [2.24, 2.45) is 0 Å². The Labute approximate surface area is 205 Å². The number of fused-ring (bicyclic) bond motifs is 6. The molecule has 35 heavy (non-hydrogen) atoms. The summed E-state index contributed by atoms with van der Waals surface area (Å²) in [5.41, 5.74) is 7.55. The van der Waals surface area contributed by atoms with Crippen molar-refractivity contribution in [2.45, 2.75) is 32.0 Å². The van der Waals surface area contributed by atoms with Crippen LogP contribution in [0.5, 0.6) is 23.0 Å². The summed E-state index contributed by atoms with van der Waals surface area (Å²) in [5.74, 6) is 3.26. The van der Waals surface area contributed by atoms with Crippen LogP contribution >= 0.6 is 0 Å². The zero-order chi connectivity index (χ0) is 23.9. The molecule has 0 fully saturated rings. The minimum absolute atomic E-state index is 0.302. The number of H-pyrrole nitrogens is 1. The molecule has 3 heterocycles. The molecule has 0 saturated carbocycles. The molecule has 1 unspecified atom stereocenters. The molecular formula is C29H30N2O4. The van der Waals surface area contributed by atoms with Crippen molar-refractivity contribution in [1.29, 1.82) is 0 Å². The molecule has 0 saturated heterocycles. The second kappa shape index (κ2) is 8.86. The second-order valence-corrected chi connectivity index (χ2v) is 9.24. The summed E-state index contributed by atoms with van der Waals surface area (Å²) in [7, 11) is 5.11. The molecule has 1 atom stereocenters. The van der Waals surface area contributed by atoms with Crippen molar-refractivity contribution >= 4 is 10.9 Å². The van der Waals surface area contributed by atoms with E-state index >= 15 is 0 Å². The van der Waals surface area contributed by atoms with Crippen LogP contribution in [0.1, 0.15) is 34.0 Å². The normalized spacial score (nSPS) is 16.8. The Balaban J connectivity index is 1.35. The number of hydrogen-bond acceptors (Lipinski definition) is 5. The van der Waals surface area contributed by atoms with Gasteiger partial charge in [0.1, 0.15) is 18.1 Å². The van der Waals surface area contributed by atoms with Crippen LogP contribution in [0.15, 0.2) is 54.6 Å². The number of ether oxygens (including phenoxy) is 4. The molecule has 0 radical (unpaired) electrons. The highest BCUT2D eigenvalue weighted by atomic mass is 16.5. The highest BCUT2D eigenvalue weighted by molar-refractivity contribution is 5.86. The minimum Gasteiger partial charge on any atom is -0.497 e. The Morgan fingerprint density at radius 3 is 2.60 bits per heavy atom.